The summed E-state index contributed by atoms with van der Waals surface area (Å²) < 4.78 is 19.6. The van der Waals surface area contributed by atoms with E-state index in [1.165, 1.54) is 18.9 Å². The minimum atomic E-state index is -0.561. The molecular weight excluding hydrogens is 359 g/mol. The minimum Gasteiger partial charge on any atom is -0.466 e. The first-order chi connectivity index (χ1) is 13.6. The summed E-state index contributed by atoms with van der Waals surface area (Å²) in [6, 6.07) is 6.62. The number of piperidine rings is 1. The lowest BCUT2D eigenvalue weighted by atomic mass is 9.74. The third-order valence-corrected chi connectivity index (χ3v) is 6.11. The van der Waals surface area contributed by atoms with Crippen molar-refractivity contribution in [2.24, 2.45) is 16.5 Å². The van der Waals surface area contributed by atoms with E-state index in [0.717, 1.165) is 38.4 Å². The standard InChI is InChI=1S/C22H29FN2O3/c1-2-27-21(26)22(10-5-11-25(15-22)14-16-8-9-16)13-17-12-20(24-28-17)18-6-3-4-7-19(18)23/h3-4,6-7,16-17H,2,5,8-15H2,1H3/t17-,22+/m1/s1. The molecule has 1 saturated heterocycles. The molecule has 0 spiro atoms. The molecule has 152 valence electrons. The summed E-state index contributed by atoms with van der Waals surface area (Å²) in [5, 5.41) is 4.14. The van der Waals surface area contributed by atoms with Crippen LogP contribution >= 0.6 is 0 Å². The van der Waals surface area contributed by atoms with E-state index >= 15 is 0 Å². The van der Waals surface area contributed by atoms with Gasteiger partial charge in [0.25, 0.3) is 0 Å². The fourth-order valence-electron chi connectivity index (χ4n) is 4.58. The summed E-state index contributed by atoms with van der Waals surface area (Å²) >= 11 is 0. The molecule has 2 fully saturated rings. The van der Waals surface area contributed by atoms with Crippen molar-refractivity contribution in [3.8, 4) is 0 Å². The zero-order valence-electron chi connectivity index (χ0n) is 16.5. The molecule has 0 amide bonds. The maximum atomic E-state index is 14.1. The molecule has 1 saturated carbocycles. The number of benzene rings is 1. The lowest BCUT2D eigenvalue weighted by Crippen LogP contribution is -2.50. The van der Waals surface area contributed by atoms with Crippen molar-refractivity contribution in [3.63, 3.8) is 0 Å². The van der Waals surface area contributed by atoms with Crippen molar-refractivity contribution < 1.29 is 18.8 Å². The molecule has 2 heterocycles. The highest BCUT2D eigenvalue weighted by atomic mass is 19.1. The number of ether oxygens (including phenoxy) is 1. The number of nitrogens with zero attached hydrogens (tertiary/aromatic N) is 2. The van der Waals surface area contributed by atoms with Gasteiger partial charge < -0.3 is 14.5 Å². The summed E-state index contributed by atoms with van der Waals surface area (Å²) in [6.07, 6.45) is 5.25. The van der Waals surface area contributed by atoms with E-state index in [1.807, 2.05) is 6.92 Å². The van der Waals surface area contributed by atoms with Crippen molar-refractivity contribution in [1.29, 1.82) is 0 Å². The molecule has 1 aliphatic carbocycles. The van der Waals surface area contributed by atoms with Crippen LogP contribution in [-0.2, 0) is 14.4 Å². The Morgan fingerprint density at radius 3 is 2.96 bits per heavy atom. The van der Waals surface area contributed by atoms with Gasteiger partial charge in [-0.2, -0.15) is 0 Å². The van der Waals surface area contributed by atoms with Gasteiger partial charge in [0, 0.05) is 31.5 Å². The average molecular weight is 388 g/mol. The molecule has 28 heavy (non-hydrogen) atoms. The van der Waals surface area contributed by atoms with Gasteiger partial charge in [-0.05, 0) is 51.1 Å². The van der Waals surface area contributed by atoms with Gasteiger partial charge in [-0.25, -0.2) is 4.39 Å². The summed E-state index contributed by atoms with van der Waals surface area (Å²) in [6.45, 7) is 5.06. The number of carbonyl (C=O) groups is 1. The first-order valence-electron chi connectivity index (χ1n) is 10.5. The summed E-state index contributed by atoms with van der Waals surface area (Å²) in [5.41, 5.74) is 0.538. The second kappa shape index (κ2) is 8.19. The van der Waals surface area contributed by atoms with Gasteiger partial charge in [0.05, 0.1) is 17.7 Å². The minimum absolute atomic E-state index is 0.126. The van der Waals surface area contributed by atoms with Crippen LogP contribution in [0.2, 0.25) is 0 Å². The molecule has 2 aliphatic heterocycles. The van der Waals surface area contributed by atoms with Gasteiger partial charge in [-0.1, -0.05) is 23.4 Å². The van der Waals surface area contributed by atoms with Gasteiger partial charge in [0.15, 0.2) is 0 Å². The number of likely N-dealkylation sites (tertiary alicyclic amines) is 1. The Morgan fingerprint density at radius 2 is 2.21 bits per heavy atom. The zero-order chi connectivity index (χ0) is 19.6. The van der Waals surface area contributed by atoms with E-state index in [1.54, 1.807) is 18.2 Å². The van der Waals surface area contributed by atoms with Crippen LogP contribution in [-0.4, -0.2) is 48.9 Å². The lowest BCUT2D eigenvalue weighted by molar-refractivity contribution is -0.162. The topological polar surface area (TPSA) is 51.1 Å². The highest BCUT2D eigenvalue weighted by Crippen LogP contribution is 2.40. The Morgan fingerprint density at radius 1 is 1.39 bits per heavy atom. The Labute approximate surface area is 165 Å². The summed E-state index contributed by atoms with van der Waals surface area (Å²) in [7, 11) is 0. The van der Waals surface area contributed by atoms with E-state index in [-0.39, 0.29) is 17.9 Å². The normalized spacial score (nSPS) is 27.9. The molecule has 2 atom stereocenters. The maximum absolute atomic E-state index is 14.1. The van der Waals surface area contributed by atoms with Gasteiger partial charge in [0.1, 0.15) is 11.9 Å². The second-order valence-corrected chi connectivity index (χ2v) is 8.44. The average Bonchev–Trinajstić information content (AvgIpc) is 3.38. The molecule has 1 aromatic rings. The van der Waals surface area contributed by atoms with Crippen molar-refractivity contribution in [2.45, 2.75) is 51.6 Å². The molecule has 0 bridgehead atoms. The summed E-state index contributed by atoms with van der Waals surface area (Å²) in [4.78, 5) is 21.0. The van der Waals surface area contributed by atoms with E-state index in [2.05, 4.69) is 10.1 Å². The molecule has 0 aromatic heterocycles. The quantitative estimate of drug-likeness (QED) is 0.668. The number of hydrogen-bond donors (Lipinski definition) is 0. The molecule has 1 aromatic carbocycles. The first kappa shape index (κ1) is 19.4. The molecule has 0 unspecified atom stereocenters. The number of carbonyl (C=O) groups excluding carboxylic acids is 1. The maximum Gasteiger partial charge on any atom is 0.313 e. The van der Waals surface area contributed by atoms with Crippen molar-refractivity contribution in [1.82, 2.24) is 4.90 Å². The van der Waals surface area contributed by atoms with Crippen LogP contribution in [0.1, 0.15) is 51.0 Å². The molecule has 5 nitrogen and oxygen atoms in total. The van der Waals surface area contributed by atoms with Crippen LogP contribution in [0.25, 0.3) is 0 Å². The van der Waals surface area contributed by atoms with Gasteiger partial charge in [-0.15, -0.1) is 0 Å². The van der Waals surface area contributed by atoms with Crippen LogP contribution < -0.4 is 0 Å². The van der Waals surface area contributed by atoms with Crippen LogP contribution in [0.4, 0.5) is 4.39 Å². The molecular formula is C22H29FN2O3. The number of rotatable bonds is 7. The van der Waals surface area contributed by atoms with Gasteiger partial charge >= 0.3 is 5.97 Å². The Bertz CT molecular complexity index is 749. The predicted octanol–water partition coefficient (Wildman–Crippen LogP) is 3.76. The fourth-order valence-corrected chi connectivity index (χ4v) is 4.58. The van der Waals surface area contributed by atoms with Crippen LogP contribution in [0, 0.1) is 17.2 Å². The van der Waals surface area contributed by atoms with Gasteiger partial charge in [-0.3, -0.25) is 4.79 Å². The SMILES string of the molecule is CCOC(=O)[C@]1(C[C@H]2CC(c3ccccc3F)=NO2)CCCN(CC2CC2)C1. The largest absolute Gasteiger partial charge is 0.466 e. The first-order valence-corrected chi connectivity index (χ1v) is 10.5. The number of halogens is 1. The van der Waals surface area contributed by atoms with E-state index in [9.17, 15) is 9.18 Å². The van der Waals surface area contributed by atoms with Crippen molar-refractivity contribution >= 4 is 11.7 Å². The monoisotopic (exact) mass is 388 g/mol. The third-order valence-electron chi connectivity index (χ3n) is 6.11. The molecule has 3 aliphatic rings. The smallest absolute Gasteiger partial charge is 0.313 e. The molecule has 0 N–H and O–H groups in total. The van der Waals surface area contributed by atoms with Crippen LogP contribution in [0.3, 0.4) is 0 Å². The van der Waals surface area contributed by atoms with E-state index < -0.39 is 5.41 Å². The predicted molar refractivity (Wildman–Crippen MR) is 105 cm³/mol. The highest BCUT2D eigenvalue weighted by Gasteiger charge is 2.47. The Balaban J connectivity index is 1.46. The second-order valence-electron chi connectivity index (χ2n) is 8.44. The Kier molecular flexibility index (Phi) is 5.67. The molecule has 0 radical (unpaired) electrons. The van der Waals surface area contributed by atoms with Crippen molar-refractivity contribution in [3.05, 3.63) is 35.6 Å². The van der Waals surface area contributed by atoms with Crippen LogP contribution in [0.15, 0.2) is 29.4 Å². The van der Waals surface area contributed by atoms with E-state index in [0.29, 0.717) is 30.7 Å². The molecule has 6 heteroatoms. The number of hydrogen-bond acceptors (Lipinski definition) is 5. The van der Waals surface area contributed by atoms with Gasteiger partial charge in [0.2, 0.25) is 0 Å². The van der Waals surface area contributed by atoms with Crippen LogP contribution in [0.5, 0.6) is 0 Å². The fraction of sp³-hybridized carbons (Fsp3) is 0.636. The highest BCUT2D eigenvalue weighted by molar-refractivity contribution is 6.01. The molecule has 4 rings (SSSR count). The number of esters is 1. The lowest BCUT2D eigenvalue weighted by Gasteiger charge is -2.41. The Hall–Kier alpha value is -1.95. The summed E-state index contributed by atoms with van der Waals surface area (Å²) in [5.74, 6) is 0.369. The zero-order valence-corrected chi connectivity index (χ0v) is 16.5. The van der Waals surface area contributed by atoms with Crippen molar-refractivity contribution in [2.75, 3.05) is 26.2 Å². The third kappa shape index (κ3) is 4.22. The van der Waals surface area contributed by atoms with E-state index in [4.69, 9.17) is 9.57 Å². The number of oxime groups is 1.